The summed E-state index contributed by atoms with van der Waals surface area (Å²) in [4.78, 5) is 22.8. The number of carboxylic acid groups (broad SMARTS) is 1. The number of aromatic carboxylic acids is 1. The van der Waals surface area contributed by atoms with E-state index < -0.39 is 5.97 Å². The third-order valence-corrected chi connectivity index (χ3v) is 4.42. The number of nitrogens with zero attached hydrogens (tertiary/aromatic N) is 3. The molecule has 3 aromatic rings. The molecule has 0 radical (unpaired) electrons. The quantitative estimate of drug-likeness (QED) is 0.789. The molecule has 126 valence electrons. The Labute approximate surface area is 143 Å². The molecule has 2 heterocycles. The molecule has 0 saturated carbocycles. The van der Waals surface area contributed by atoms with Gasteiger partial charge in [-0.2, -0.15) is 0 Å². The number of anilines is 1. The summed E-state index contributed by atoms with van der Waals surface area (Å²) in [6.07, 6.45) is 2.16. The van der Waals surface area contributed by atoms with Gasteiger partial charge in [0.1, 0.15) is 11.5 Å². The smallest absolute Gasteiger partial charge is 0.335 e. The zero-order valence-electron chi connectivity index (χ0n) is 13.4. The van der Waals surface area contributed by atoms with Crippen LogP contribution in [-0.4, -0.2) is 34.1 Å². The third-order valence-electron chi connectivity index (χ3n) is 4.42. The molecule has 6 heteroatoms. The summed E-state index contributed by atoms with van der Waals surface area (Å²) >= 11 is 0. The molecular formula is C19H16FN3O2. The number of hydrogen-bond acceptors (Lipinski definition) is 4. The molecule has 0 atom stereocenters. The Bertz CT molecular complexity index is 951. The van der Waals surface area contributed by atoms with Crippen molar-refractivity contribution in [3.63, 3.8) is 0 Å². The first kappa shape index (κ1) is 15.5. The van der Waals surface area contributed by atoms with Crippen LogP contribution in [-0.2, 0) is 0 Å². The van der Waals surface area contributed by atoms with Gasteiger partial charge in [0.15, 0.2) is 5.82 Å². The van der Waals surface area contributed by atoms with Crippen molar-refractivity contribution in [1.29, 1.82) is 0 Å². The predicted molar refractivity (Wildman–Crippen MR) is 93.3 cm³/mol. The van der Waals surface area contributed by atoms with Gasteiger partial charge in [0.25, 0.3) is 0 Å². The zero-order chi connectivity index (χ0) is 17.4. The van der Waals surface area contributed by atoms with E-state index in [1.807, 2.05) is 0 Å². The number of hydrogen-bond donors (Lipinski definition) is 1. The summed E-state index contributed by atoms with van der Waals surface area (Å²) in [6, 6.07) is 10.9. The van der Waals surface area contributed by atoms with Gasteiger partial charge in [-0.3, -0.25) is 0 Å². The number of fused-ring (bicyclic) bond motifs is 1. The second kappa shape index (κ2) is 6.12. The van der Waals surface area contributed by atoms with Crippen LogP contribution in [0.2, 0.25) is 0 Å². The third kappa shape index (κ3) is 2.91. The molecule has 1 N–H and O–H groups in total. The maximum absolute atomic E-state index is 13.3. The molecule has 25 heavy (non-hydrogen) atoms. The highest BCUT2D eigenvalue weighted by atomic mass is 19.1. The van der Waals surface area contributed by atoms with Crippen LogP contribution >= 0.6 is 0 Å². The number of carbonyl (C=O) groups is 1. The van der Waals surface area contributed by atoms with Gasteiger partial charge in [-0.05, 0) is 55.3 Å². The Morgan fingerprint density at radius 3 is 2.40 bits per heavy atom. The zero-order valence-corrected chi connectivity index (χ0v) is 13.4. The molecule has 1 aromatic heterocycles. The fourth-order valence-electron chi connectivity index (χ4n) is 3.13. The van der Waals surface area contributed by atoms with Crippen LogP contribution < -0.4 is 4.90 Å². The van der Waals surface area contributed by atoms with Gasteiger partial charge < -0.3 is 10.0 Å². The molecule has 1 aliphatic rings. The van der Waals surface area contributed by atoms with E-state index in [9.17, 15) is 14.3 Å². The summed E-state index contributed by atoms with van der Waals surface area (Å²) < 4.78 is 13.3. The standard InChI is InChI=1S/C19H16FN3O2/c20-14-6-3-12(4-7-14)17-18(23-9-1-2-10-23)22-16-11-13(19(24)25)5-8-15(16)21-17/h3-8,11H,1-2,9-10H2,(H,24,25). The highest BCUT2D eigenvalue weighted by molar-refractivity contribution is 5.93. The minimum Gasteiger partial charge on any atom is -0.478 e. The lowest BCUT2D eigenvalue weighted by Crippen LogP contribution is -2.20. The fourth-order valence-corrected chi connectivity index (χ4v) is 3.13. The first-order chi connectivity index (χ1) is 12.1. The van der Waals surface area contributed by atoms with Crippen molar-refractivity contribution in [2.75, 3.05) is 18.0 Å². The van der Waals surface area contributed by atoms with E-state index in [-0.39, 0.29) is 11.4 Å². The predicted octanol–water partition coefficient (Wildman–Crippen LogP) is 3.73. The van der Waals surface area contributed by atoms with Crippen LogP contribution in [0, 0.1) is 5.82 Å². The molecule has 0 bridgehead atoms. The van der Waals surface area contributed by atoms with E-state index in [4.69, 9.17) is 9.97 Å². The van der Waals surface area contributed by atoms with Gasteiger partial charge in [0, 0.05) is 18.7 Å². The van der Waals surface area contributed by atoms with Gasteiger partial charge in [0.05, 0.1) is 16.6 Å². The molecule has 1 saturated heterocycles. The van der Waals surface area contributed by atoms with Crippen molar-refractivity contribution in [3.8, 4) is 11.3 Å². The van der Waals surface area contributed by atoms with Crippen LogP contribution in [0.1, 0.15) is 23.2 Å². The largest absolute Gasteiger partial charge is 0.478 e. The van der Waals surface area contributed by atoms with Gasteiger partial charge in [-0.15, -0.1) is 0 Å². The fraction of sp³-hybridized carbons (Fsp3) is 0.211. The summed E-state index contributed by atoms with van der Waals surface area (Å²) in [6.45, 7) is 1.76. The minimum atomic E-state index is -0.992. The summed E-state index contributed by atoms with van der Waals surface area (Å²) in [7, 11) is 0. The summed E-state index contributed by atoms with van der Waals surface area (Å²) in [5.74, 6) is -0.570. The SMILES string of the molecule is O=C(O)c1ccc2nc(-c3ccc(F)cc3)c(N3CCCC3)nc2c1. The molecular weight excluding hydrogens is 321 g/mol. The van der Waals surface area contributed by atoms with Crippen LogP contribution in [0.15, 0.2) is 42.5 Å². The second-order valence-electron chi connectivity index (χ2n) is 6.11. The number of carboxylic acids is 1. The van der Waals surface area contributed by atoms with Crippen molar-refractivity contribution in [3.05, 3.63) is 53.8 Å². The van der Waals surface area contributed by atoms with Gasteiger partial charge >= 0.3 is 5.97 Å². The monoisotopic (exact) mass is 337 g/mol. The molecule has 0 spiro atoms. The van der Waals surface area contributed by atoms with E-state index >= 15 is 0 Å². The Morgan fingerprint density at radius 1 is 1.00 bits per heavy atom. The molecule has 0 aliphatic carbocycles. The first-order valence-electron chi connectivity index (χ1n) is 8.18. The Hall–Kier alpha value is -3.02. The lowest BCUT2D eigenvalue weighted by molar-refractivity contribution is 0.0697. The van der Waals surface area contributed by atoms with Crippen molar-refractivity contribution < 1.29 is 14.3 Å². The van der Waals surface area contributed by atoms with Crippen molar-refractivity contribution in [2.24, 2.45) is 0 Å². The maximum atomic E-state index is 13.3. The molecule has 0 unspecified atom stereocenters. The topological polar surface area (TPSA) is 66.3 Å². The number of benzene rings is 2. The lowest BCUT2D eigenvalue weighted by Gasteiger charge is -2.20. The first-order valence-corrected chi connectivity index (χ1v) is 8.18. The molecule has 1 aliphatic heterocycles. The van der Waals surface area contributed by atoms with Crippen molar-refractivity contribution in [1.82, 2.24) is 9.97 Å². The number of aromatic nitrogens is 2. The van der Waals surface area contributed by atoms with E-state index in [2.05, 4.69) is 4.90 Å². The van der Waals surface area contributed by atoms with Crippen LogP contribution in [0.4, 0.5) is 10.2 Å². The summed E-state index contributed by atoms with van der Waals surface area (Å²) in [5.41, 5.74) is 2.83. The van der Waals surface area contributed by atoms with Crippen molar-refractivity contribution in [2.45, 2.75) is 12.8 Å². The van der Waals surface area contributed by atoms with Crippen LogP contribution in [0.3, 0.4) is 0 Å². The van der Waals surface area contributed by atoms with Gasteiger partial charge in [-0.25, -0.2) is 19.2 Å². The lowest BCUT2D eigenvalue weighted by atomic mass is 10.1. The van der Waals surface area contributed by atoms with Crippen LogP contribution in [0.5, 0.6) is 0 Å². The summed E-state index contributed by atoms with van der Waals surface area (Å²) in [5, 5.41) is 9.19. The normalized spacial score (nSPS) is 14.2. The second-order valence-corrected chi connectivity index (χ2v) is 6.11. The molecule has 5 nitrogen and oxygen atoms in total. The maximum Gasteiger partial charge on any atom is 0.335 e. The minimum absolute atomic E-state index is 0.184. The number of rotatable bonds is 3. The average Bonchev–Trinajstić information content (AvgIpc) is 3.15. The molecule has 4 rings (SSSR count). The average molecular weight is 337 g/mol. The Morgan fingerprint density at radius 2 is 1.72 bits per heavy atom. The highest BCUT2D eigenvalue weighted by Crippen LogP contribution is 2.32. The van der Waals surface area contributed by atoms with E-state index in [1.54, 1.807) is 24.3 Å². The van der Waals surface area contributed by atoms with E-state index in [0.717, 1.165) is 37.3 Å². The van der Waals surface area contributed by atoms with Gasteiger partial charge in [0.2, 0.25) is 0 Å². The van der Waals surface area contributed by atoms with Crippen LogP contribution in [0.25, 0.3) is 22.3 Å². The van der Waals surface area contributed by atoms with Crippen molar-refractivity contribution >= 4 is 22.8 Å². The Kier molecular flexibility index (Phi) is 3.80. The Balaban J connectivity index is 1.92. The van der Waals surface area contributed by atoms with E-state index in [0.29, 0.717) is 16.7 Å². The van der Waals surface area contributed by atoms with Gasteiger partial charge in [-0.1, -0.05) is 0 Å². The molecule has 0 amide bonds. The molecule has 2 aromatic carbocycles. The number of halogens is 1. The molecule has 1 fully saturated rings. The van der Waals surface area contributed by atoms with E-state index in [1.165, 1.54) is 18.2 Å². The highest BCUT2D eigenvalue weighted by Gasteiger charge is 2.21.